The minimum atomic E-state index is -3.76. The summed E-state index contributed by atoms with van der Waals surface area (Å²) in [5, 5.41) is 3.28. The normalized spacial score (nSPS) is 10.9. The number of carbonyl (C=O) groups excluding carboxylic acids is 1. The Morgan fingerprint density at radius 2 is 1.69 bits per heavy atom. The van der Waals surface area contributed by atoms with Crippen molar-refractivity contribution >= 4 is 38.9 Å². The number of hydrogen-bond donors (Lipinski definition) is 1. The third-order valence-electron chi connectivity index (χ3n) is 4.13. The highest BCUT2D eigenvalue weighted by molar-refractivity contribution is 7.92. The number of carbonyl (C=O) groups is 1. The molecule has 3 aromatic carbocycles. The van der Waals surface area contributed by atoms with E-state index in [1.807, 2.05) is 0 Å². The van der Waals surface area contributed by atoms with Gasteiger partial charge in [-0.05, 0) is 54.6 Å². The topological polar surface area (TPSA) is 66.5 Å². The predicted molar refractivity (Wildman–Crippen MR) is 117 cm³/mol. The summed E-state index contributed by atoms with van der Waals surface area (Å²) < 4.78 is 27.2. The molecule has 1 amide bonds. The maximum atomic E-state index is 13.0. The second-order valence-electron chi connectivity index (χ2n) is 6.15. The van der Waals surface area contributed by atoms with Crippen LogP contribution >= 0.6 is 11.6 Å². The van der Waals surface area contributed by atoms with Crippen LogP contribution in [0.2, 0.25) is 5.02 Å². The number of anilines is 2. The van der Waals surface area contributed by atoms with E-state index >= 15 is 0 Å². The summed E-state index contributed by atoms with van der Waals surface area (Å²) in [6, 6.07) is 21.3. The van der Waals surface area contributed by atoms with Gasteiger partial charge >= 0.3 is 0 Å². The first-order valence-electron chi connectivity index (χ1n) is 8.77. The van der Waals surface area contributed by atoms with Crippen LogP contribution in [0.25, 0.3) is 0 Å². The first-order chi connectivity index (χ1) is 13.9. The lowest BCUT2D eigenvalue weighted by atomic mass is 10.2. The average molecular weight is 427 g/mol. The predicted octanol–water partition coefficient (Wildman–Crippen LogP) is 4.97. The minimum absolute atomic E-state index is 0.102. The van der Waals surface area contributed by atoms with Crippen molar-refractivity contribution in [1.29, 1.82) is 0 Å². The summed E-state index contributed by atoms with van der Waals surface area (Å²) in [5.41, 5.74) is 1.41. The quantitative estimate of drug-likeness (QED) is 0.542. The van der Waals surface area contributed by atoms with E-state index in [4.69, 9.17) is 11.6 Å². The first kappa shape index (κ1) is 20.6. The van der Waals surface area contributed by atoms with E-state index in [9.17, 15) is 13.2 Å². The van der Waals surface area contributed by atoms with Crippen LogP contribution in [0.5, 0.6) is 0 Å². The average Bonchev–Trinajstić information content (AvgIpc) is 2.73. The van der Waals surface area contributed by atoms with Gasteiger partial charge in [0.1, 0.15) is 0 Å². The number of amides is 1. The molecule has 0 aliphatic carbocycles. The van der Waals surface area contributed by atoms with Crippen LogP contribution in [0.3, 0.4) is 0 Å². The summed E-state index contributed by atoms with van der Waals surface area (Å²) >= 11 is 5.93. The lowest BCUT2D eigenvalue weighted by Gasteiger charge is -2.23. The smallest absolute Gasteiger partial charge is 0.264 e. The van der Waals surface area contributed by atoms with Gasteiger partial charge in [-0.15, -0.1) is 6.58 Å². The van der Waals surface area contributed by atoms with Gasteiger partial charge in [0.05, 0.1) is 17.1 Å². The Balaban J connectivity index is 1.85. The first-order valence-corrected chi connectivity index (χ1v) is 10.6. The molecule has 0 aliphatic rings. The number of nitrogens with one attached hydrogen (secondary N) is 1. The Kier molecular flexibility index (Phi) is 6.36. The summed E-state index contributed by atoms with van der Waals surface area (Å²) in [5.74, 6) is -0.319. The van der Waals surface area contributed by atoms with E-state index in [2.05, 4.69) is 11.9 Å². The van der Waals surface area contributed by atoms with Crippen LogP contribution in [0.4, 0.5) is 11.4 Å². The highest BCUT2D eigenvalue weighted by Gasteiger charge is 2.23. The van der Waals surface area contributed by atoms with Gasteiger partial charge < -0.3 is 5.32 Å². The van der Waals surface area contributed by atoms with Crippen LogP contribution in [-0.2, 0) is 10.0 Å². The fourth-order valence-electron chi connectivity index (χ4n) is 2.73. The zero-order chi connectivity index (χ0) is 20.9. The fraction of sp³-hybridized carbons (Fsp3) is 0.0455. The molecule has 0 radical (unpaired) electrons. The molecule has 0 bridgehead atoms. The van der Waals surface area contributed by atoms with E-state index in [-0.39, 0.29) is 17.3 Å². The molecule has 0 saturated carbocycles. The third kappa shape index (κ3) is 4.85. The van der Waals surface area contributed by atoms with E-state index < -0.39 is 10.0 Å². The van der Waals surface area contributed by atoms with E-state index in [0.29, 0.717) is 22.0 Å². The van der Waals surface area contributed by atoms with E-state index in [1.165, 1.54) is 22.5 Å². The Labute approximate surface area is 175 Å². The van der Waals surface area contributed by atoms with Gasteiger partial charge in [0.25, 0.3) is 15.9 Å². The Morgan fingerprint density at radius 3 is 2.31 bits per heavy atom. The molecule has 148 valence electrons. The zero-order valence-electron chi connectivity index (χ0n) is 15.5. The van der Waals surface area contributed by atoms with Gasteiger partial charge in [0.15, 0.2) is 0 Å². The molecule has 29 heavy (non-hydrogen) atoms. The second-order valence-corrected chi connectivity index (χ2v) is 8.45. The number of rotatable bonds is 7. The number of sulfonamides is 1. The van der Waals surface area contributed by atoms with E-state index in [1.54, 1.807) is 66.7 Å². The van der Waals surface area contributed by atoms with Crippen molar-refractivity contribution in [3.8, 4) is 0 Å². The molecule has 0 aromatic heterocycles. The van der Waals surface area contributed by atoms with Crippen molar-refractivity contribution in [2.24, 2.45) is 0 Å². The van der Waals surface area contributed by atoms with Crippen LogP contribution < -0.4 is 9.62 Å². The van der Waals surface area contributed by atoms with Crippen LogP contribution in [0.15, 0.2) is 96.4 Å². The van der Waals surface area contributed by atoms with Gasteiger partial charge in [-0.3, -0.25) is 9.10 Å². The SMILES string of the molecule is C=CCN(c1ccc(C(=O)Nc2cccc(Cl)c2)cc1)S(=O)(=O)c1ccccc1. The van der Waals surface area contributed by atoms with Crippen molar-refractivity contribution in [2.45, 2.75) is 4.90 Å². The summed E-state index contributed by atoms with van der Waals surface area (Å²) in [7, 11) is -3.76. The van der Waals surface area contributed by atoms with Gasteiger partial charge in [-0.2, -0.15) is 0 Å². The van der Waals surface area contributed by atoms with Crippen molar-refractivity contribution in [3.63, 3.8) is 0 Å². The Bertz CT molecular complexity index is 1110. The number of benzene rings is 3. The molecular formula is C22H19ClN2O3S. The lowest BCUT2D eigenvalue weighted by molar-refractivity contribution is 0.102. The number of halogens is 1. The maximum absolute atomic E-state index is 13.0. The van der Waals surface area contributed by atoms with Crippen molar-refractivity contribution < 1.29 is 13.2 Å². The Morgan fingerprint density at radius 1 is 1.00 bits per heavy atom. The highest BCUT2D eigenvalue weighted by atomic mass is 35.5. The monoisotopic (exact) mass is 426 g/mol. The van der Waals surface area contributed by atoms with Crippen LogP contribution in [0, 0.1) is 0 Å². The molecule has 0 saturated heterocycles. The van der Waals surface area contributed by atoms with Crippen molar-refractivity contribution in [2.75, 3.05) is 16.2 Å². The molecule has 3 rings (SSSR count). The van der Waals surface area contributed by atoms with Crippen molar-refractivity contribution in [1.82, 2.24) is 0 Å². The maximum Gasteiger partial charge on any atom is 0.264 e. The molecule has 0 heterocycles. The van der Waals surface area contributed by atoms with Gasteiger partial charge in [-0.25, -0.2) is 8.42 Å². The van der Waals surface area contributed by atoms with Crippen LogP contribution in [-0.4, -0.2) is 20.9 Å². The van der Waals surface area contributed by atoms with Crippen molar-refractivity contribution in [3.05, 3.63) is 102 Å². The standard InChI is InChI=1S/C22H19ClN2O3S/c1-2-15-25(29(27,28)21-9-4-3-5-10-21)20-13-11-17(12-14-20)22(26)24-19-8-6-7-18(23)16-19/h2-14,16H,1,15H2,(H,24,26). The zero-order valence-corrected chi connectivity index (χ0v) is 17.0. The summed E-state index contributed by atoms with van der Waals surface area (Å²) in [6.45, 7) is 3.75. The molecule has 0 fully saturated rings. The molecule has 5 nitrogen and oxygen atoms in total. The minimum Gasteiger partial charge on any atom is -0.322 e. The molecule has 0 spiro atoms. The molecule has 0 atom stereocenters. The molecule has 1 N–H and O–H groups in total. The lowest BCUT2D eigenvalue weighted by Crippen LogP contribution is -2.31. The van der Waals surface area contributed by atoms with Gasteiger partial charge in [0.2, 0.25) is 0 Å². The second kappa shape index (κ2) is 8.94. The van der Waals surface area contributed by atoms with Gasteiger partial charge in [-0.1, -0.05) is 41.9 Å². The fourth-order valence-corrected chi connectivity index (χ4v) is 4.37. The summed E-state index contributed by atoms with van der Waals surface area (Å²) in [4.78, 5) is 12.6. The number of nitrogens with zero attached hydrogens (tertiary/aromatic N) is 1. The molecule has 0 unspecified atom stereocenters. The molecule has 3 aromatic rings. The number of hydrogen-bond acceptors (Lipinski definition) is 3. The molecular weight excluding hydrogens is 408 g/mol. The third-order valence-corrected chi connectivity index (χ3v) is 6.17. The van der Waals surface area contributed by atoms with Gasteiger partial charge in [0, 0.05) is 16.3 Å². The Hall–Kier alpha value is -3.09. The highest BCUT2D eigenvalue weighted by Crippen LogP contribution is 2.24. The molecule has 0 aliphatic heterocycles. The summed E-state index contributed by atoms with van der Waals surface area (Å²) in [6.07, 6.45) is 1.51. The largest absolute Gasteiger partial charge is 0.322 e. The van der Waals surface area contributed by atoms with Crippen LogP contribution in [0.1, 0.15) is 10.4 Å². The molecule has 7 heteroatoms. The van der Waals surface area contributed by atoms with E-state index in [0.717, 1.165) is 0 Å².